The van der Waals surface area contributed by atoms with Crippen LogP contribution in [0, 0.1) is 19.9 Å². The van der Waals surface area contributed by atoms with Gasteiger partial charge in [-0.1, -0.05) is 0 Å². The fourth-order valence-electron chi connectivity index (χ4n) is 0.986. The molecule has 1 radical (unpaired) electrons. The molecular formula is C9H8NS. The molecule has 0 aliphatic carbocycles. The van der Waals surface area contributed by atoms with Gasteiger partial charge in [-0.3, -0.25) is 0 Å². The standard InChI is InChI=1S/C9H8NS/c1-7-3-8(2)5-9(4-7)10-6-11/h4-5H,1-2H3. The molecule has 0 unspecified atom stereocenters. The molecule has 0 fully saturated rings. The van der Waals surface area contributed by atoms with Crippen molar-refractivity contribution in [2.75, 3.05) is 0 Å². The van der Waals surface area contributed by atoms with E-state index >= 15 is 0 Å². The Kier molecular flexibility index (Phi) is 2.53. The number of aliphatic imine (C=N–C) groups is 1. The van der Waals surface area contributed by atoms with Gasteiger partial charge in [-0.05, 0) is 55.4 Å². The van der Waals surface area contributed by atoms with Crippen LogP contribution in [0.3, 0.4) is 0 Å². The molecule has 55 valence electrons. The molecule has 1 nitrogen and oxygen atoms in total. The average molecular weight is 162 g/mol. The summed E-state index contributed by atoms with van der Waals surface area (Å²) in [4.78, 5) is 3.87. The molecule has 0 saturated heterocycles. The summed E-state index contributed by atoms with van der Waals surface area (Å²) in [5, 5.41) is 2.33. The predicted octanol–water partition coefficient (Wildman–Crippen LogP) is 2.84. The molecule has 0 N–H and O–H groups in total. The zero-order valence-corrected chi connectivity index (χ0v) is 7.33. The lowest BCUT2D eigenvalue weighted by molar-refractivity contribution is 1.35. The van der Waals surface area contributed by atoms with Gasteiger partial charge in [0.2, 0.25) is 0 Å². The molecule has 0 aromatic heterocycles. The van der Waals surface area contributed by atoms with E-state index in [1.807, 2.05) is 26.0 Å². The van der Waals surface area contributed by atoms with Crippen LogP contribution in [-0.2, 0) is 0 Å². The van der Waals surface area contributed by atoms with Crippen molar-refractivity contribution in [3.05, 3.63) is 29.3 Å². The highest BCUT2D eigenvalue weighted by molar-refractivity contribution is 7.78. The number of thiocarbonyl (C=S) groups is 1. The van der Waals surface area contributed by atoms with E-state index in [9.17, 15) is 0 Å². The summed E-state index contributed by atoms with van der Waals surface area (Å²) in [6.07, 6.45) is 0. The van der Waals surface area contributed by atoms with Crippen molar-refractivity contribution < 1.29 is 0 Å². The molecule has 0 bridgehead atoms. The molecule has 0 saturated carbocycles. The second kappa shape index (κ2) is 3.42. The van der Waals surface area contributed by atoms with Gasteiger partial charge in [0.15, 0.2) is 0 Å². The predicted molar refractivity (Wildman–Crippen MR) is 49.4 cm³/mol. The van der Waals surface area contributed by atoms with Crippen molar-refractivity contribution >= 4 is 23.1 Å². The number of hydrogen-bond acceptors (Lipinski definition) is 2. The number of aryl methyl sites for hydroxylation is 2. The van der Waals surface area contributed by atoms with E-state index in [1.165, 1.54) is 0 Å². The minimum absolute atomic E-state index is 0.855. The van der Waals surface area contributed by atoms with E-state index in [1.54, 1.807) is 0 Å². The summed E-state index contributed by atoms with van der Waals surface area (Å²) >= 11 is 4.49. The van der Waals surface area contributed by atoms with Crippen LogP contribution in [0.5, 0.6) is 0 Å². The van der Waals surface area contributed by atoms with Crippen LogP contribution >= 0.6 is 12.2 Å². The Balaban J connectivity index is 3.18. The molecule has 0 aliphatic heterocycles. The van der Waals surface area contributed by atoms with Crippen LogP contribution in [0.1, 0.15) is 11.1 Å². The van der Waals surface area contributed by atoms with Crippen molar-refractivity contribution in [3.8, 4) is 0 Å². The summed E-state index contributed by atoms with van der Waals surface area (Å²) in [7, 11) is 0. The zero-order valence-electron chi connectivity index (χ0n) is 6.51. The Bertz CT molecular complexity index is 291. The number of nitrogens with zero attached hydrogens (tertiary/aromatic N) is 1. The normalized spacial score (nSPS) is 8.91. The second-order valence-electron chi connectivity index (χ2n) is 2.41. The van der Waals surface area contributed by atoms with E-state index in [-0.39, 0.29) is 0 Å². The minimum atomic E-state index is 0.855. The van der Waals surface area contributed by atoms with Crippen LogP contribution in [0.4, 0.5) is 5.69 Å². The van der Waals surface area contributed by atoms with Crippen molar-refractivity contribution in [1.82, 2.24) is 0 Å². The molecule has 0 heterocycles. The van der Waals surface area contributed by atoms with Gasteiger partial charge in [0, 0.05) is 0 Å². The Labute approximate surface area is 71.8 Å². The highest BCUT2D eigenvalue weighted by Crippen LogP contribution is 2.15. The molecule has 11 heavy (non-hydrogen) atoms. The van der Waals surface area contributed by atoms with Gasteiger partial charge >= 0.3 is 0 Å². The first-order valence-electron chi connectivity index (χ1n) is 3.31. The van der Waals surface area contributed by atoms with Crippen LogP contribution in [0.2, 0.25) is 0 Å². The SMILES string of the molecule is Cc1[c]c(C)cc(N=C=S)c1. The maximum Gasteiger partial charge on any atom is 0.0745 e. The fourth-order valence-corrected chi connectivity index (χ4v) is 1.09. The summed E-state index contributed by atoms with van der Waals surface area (Å²) in [6, 6.07) is 6.99. The van der Waals surface area contributed by atoms with Gasteiger partial charge in [-0.25, -0.2) is 0 Å². The monoisotopic (exact) mass is 162 g/mol. The first-order chi connectivity index (χ1) is 5.22. The van der Waals surface area contributed by atoms with Gasteiger partial charge in [0.25, 0.3) is 0 Å². The quantitative estimate of drug-likeness (QED) is 0.457. The van der Waals surface area contributed by atoms with E-state index in [0.29, 0.717) is 0 Å². The molecule has 2 heteroatoms. The Morgan fingerprint density at radius 1 is 1.36 bits per heavy atom. The van der Waals surface area contributed by atoms with Crippen LogP contribution in [0.15, 0.2) is 17.1 Å². The third-order valence-electron chi connectivity index (χ3n) is 1.30. The van der Waals surface area contributed by atoms with Crippen LogP contribution in [0.25, 0.3) is 0 Å². The lowest BCUT2D eigenvalue weighted by Crippen LogP contribution is -1.76. The van der Waals surface area contributed by atoms with Gasteiger partial charge in [-0.15, -0.1) is 0 Å². The Morgan fingerprint density at radius 3 is 2.36 bits per heavy atom. The summed E-state index contributed by atoms with van der Waals surface area (Å²) in [5.74, 6) is 0. The lowest BCUT2D eigenvalue weighted by atomic mass is 10.1. The smallest absolute Gasteiger partial charge is 0.0745 e. The second-order valence-corrected chi connectivity index (χ2v) is 2.59. The molecule has 1 aromatic rings. The van der Waals surface area contributed by atoms with Crippen molar-refractivity contribution in [2.24, 2.45) is 4.99 Å². The Hall–Kier alpha value is -0.980. The third-order valence-corrected chi connectivity index (χ3v) is 1.39. The molecule has 0 spiro atoms. The number of benzene rings is 1. The maximum absolute atomic E-state index is 4.49. The molecular weight excluding hydrogens is 154 g/mol. The number of rotatable bonds is 1. The summed E-state index contributed by atoms with van der Waals surface area (Å²) < 4.78 is 0. The highest BCUT2D eigenvalue weighted by Gasteiger charge is 1.92. The lowest BCUT2D eigenvalue weighted by Gasteiger charge is -1.96. The van der Waals surface area contributed by atoms with E-state index in [2.05, 4.69) is 28.4 Å². The first kappa shape index (κ1) is 8.12. The van der Waals surface area contributed by atoms with E-state index in [0.717, 1.165) is 16.8 Å². The van der Waals surface area contributed by atoms with Crippen LogP contribution in [-0.4, -0.2) is 5.16 Å². The minimum Gasteiger partial charge on any atom is -0.195 e. The summed E-state index contributed by atoms with van der Waals surface area (Å²) in [5.41, 5.74) is 3.01. The maximum atomic E-state index is 4.49. The largest absolute Gasteiger partial charge is 0.195 e. The highest BCUT2D eigenvalue weighted by atomic mass is 32.1. The van der Waals surface area contributed by atoms with Gasteiger partial charge in [0.1, 0.15) is 0 Å². The molecule has 0 amide bonds. The first-order valence-corrected chi connectivity index (χ1v) is 3.71. The molecule has 0 aliphatic rings. The average Bonchev–Trinajstić information content (AvgIpc) is 1.85. The zero-order chi connectivity index (χ0) is 8.27. The van der Waals surface area contributed by atoms with Crippen LogP contribution < -0.4 is 0 Å². The van der Waals surface area contributed by atoms with Crippen molar-refractivity contribution in [2.45, 2.75) is 13.8 Å². The molecule has 0 atom stereocenters. The van der Waals surface area contributed by atoms with Gasteiger partial charge in [0.05, 0.1) is 10.8 Å². The van der Waals surface area contributed by atoms with Gasteiger partial charge < -0.3 is 0 Å². The number of hydrogen-bond donors (Lipinski definition) is 0. The fraction of sp³-hybridized carbons (Fsp3) is 0.222. The summed E-state index contributed by atoms with van der Waals surface area (Å²) in [6.45, 7) is 3.96. The topological polar surface area (TPSA) is 12.4 Å². The molecule has 1 aromatic carbocycles. The van der Waals surface area contributed by atoms with Gasteiger partial charge in [-0.2, -0.15) is 4.99 Å². The van der Waals surface area contributed by atoms with Crippen molar-refractivity contribution in [1.29, 1.82) is 0 Å². The van der Waals surface area contributed by atoms with E-state index < -0.39 is 0 Å². The Morgan fingerprint density at radius 2 is 1.91 bits per heavy atom. The number of isothiocyanates is 1. The molecule has 1 rings (SSSR count). The third kappa shape index (κ3) is 2.26. The van der Waals surface area contributed by atoms with E-state index in [4.69, 9.17) is 0 Å². The van der Waals surface area contributed by atoms with Crippen molar-refractivity contribution in [3.63, 3.8) is 0 Å².